The Morgan fingerprint density at radius 3 is 3.00 bits per heavy atom. The fourth-order valence-electron chi connectivity index (χ4n) is 2.02. The predicted molar refractivity (Wildman–Crippen MR) is 65.9 cm³/mol. The van der Waals surface area contributed by atoms with Crippen LogP contribution in [0.25, 0.3) is 27.9 Å². The van der Waals surface area contributed by atoms with Crippen molar-refractivity contribution >= 4 is 16.6 Å². The van der Waals surface area contributed by atoms with Crippen molar-refractivity contribution in [2.24, 2.45) is 0 Å². The number of nitrogens with zero attached hydrogens (tertiary/aromatic N) is 4. The molecule has 19 heavy (non-hydrogen) atoms. The van der Waals surface area contributed by atoms with Crippen molar-refractivity contribution in [3.63, 3.8) is 0 Å². The third-order valence-corrected chi connectivity index (χ3v) is 2.92. The fraction of sp³-hybridized carbons (Fsp3) is 0. The second-order valence-electron chi connectivity index (χ2n) is 4.12. The van der Waals surface area contributed by atoms with Gasteiger partial charge in [0.05, 0.1) is 17.3 Å². The average Bonchev–Trinajstić information content (AvgIpc) is 3.06. The summed E-state index contributed by atoms with van der Waals surface area (Å²) in [5.41, 5.74) is 1.99. The van der Waals surface area contributed by atoms with Crippen molar-refractivity contribution in [2.75, 3.05) is 0 Å². The SMILES string of the molecule is Fc1ccc2c(c1)ncn1nc(-c3ccoc3)nc21. The highest BCUT2D eigenvalue weighted by molar-refractivity contribution is 5.91. The highest BCUT2D eigenvalue weighted by atomic mass is 19.1. The van der Waals surface area contributed by atoms with Gasteiger partial charge < -0.3 is 4.42 Å². The molecule has 3 heterocycles. The van der Waals surface area contributed by atoms with Gasteiger partial charge in [-0.2, -0.15) is 0 Å². The third-order valence-electron chi connectivity index (χ3n) is 2.92. The first-order chi connectivity index (χ1) is 9.31. The normalized spacial score (nSPS) is 11.4. The van der Waals surface area contributed by atoms with Crippen molar-refractivity contribution in [3.05, 3.63) is 48.9 Å². The predicted octanol–water partition coefficient (Wildman–Crippen LogP) is 2.68. The lowest BCUT2D eigenvalue weighted by Crippen LogP contribution is -1.91. The quantitative estimate of drug-likeness (QED) is 0.524. The minimum Gasteiger partial charge on any atom is -0.472 e. The zero-order valence-corrected chi connectivity index (χ0v) is 9.62. The van der Waals surface area contributed by atoms with Crippen LogP contribution < -0.4 is 0 Å². The molecule has 0 aliphatic rings. The van der Waals surface area contributed by atoms with Crippen molar-refractivity contribution in [2.45, 2.75) is 0 Å². The van der Waals surface area contributed by atoms with Gasteiger partial charge in [0.2, 0.25) is 0 Å². The van der Waals surface area contributed by atoms with Crippen molar-refractivity contribution in [1.29, 1.82) is 0 Å². The van der Waals surface area contributed by atoms with Gasteiger partial charge in [-0.05, 0) is 18.2 Å². The van der Waals surface area contributed by atoms with Gasteiger partial charge in [0.25, 0.3) is 0 Å². The average molecular weight is 254 g/mol. The van der Waals surface area contributed by atoms with E-state index in [-0.39, 0.29) is 5.82 Å². The van der Waals surface area contributed by atoms with Gasteiger partial charge in [-0.15, -0.1) is 5.10 Å². The Kier molecular flexibility index (Phi) is 1.94. The largest absolute Gasteiger partial charge is 0.472 e. The van der Waals surface area contributed by atoms with Crippen molar-refractivity contribution < 1.29 is 8.81 Å². The Morgan fingerprint density at radius 2 is 2.16 bits per heavy atom. The van der Waals surface area contributed by atoms with E-state index < -0.39 is 0 Å². The number of benzene rings is 1. The van der Waals surface area contributed by atoms with Crippen LogP contribution in [0.4, 0.5) is 4.39 Å². The molecule has 0 fully saturated rings. The Morgan fingerprint density at radius 1 is 1.21 bits per heavy atom. The maximum Gasteiger partial charge on any atom is 0.185 e. The summed E-state index contributed by atoms with van der Waals surface area (Å²) in [7, 11) is 0. The zero-order valence-electron chi connectivity index (χ0n) is 9.62. The van der Waals surface area contributed by atoms with Crippen LogP contribution >= 0.6 is 0 Å². The van der Waals surface area contributed by atoms with Crippen LogP contribution in [-0.4, -0.2) is 19.6 Å². The van der Waals surface area contributed by atoms with Crippen LogP contribution in [0.1, 0.15) is 0 Å². The van der Waals surface area contributed by atoms with Gasteiger partial charge in [0.15, 0.2) is 11.5 Å². The smallest absolute Gasteiger partial charge is 0.185 e. The third kappa shape index (κ3) is 1.50. The van der Waals surface area contributed by atoms with Crippen LogP contribution in [0.2, 0.25) is 0 Å². The first kappa shape index (κ1) is 10.2. The van der Waals surface area contributed by atoms with Gasteiger partial charge in [-0.25, -0.2) is 18.9 Å². The Bertz CT molecular complexity index is 882. The van der Waals surface area contributed by atoms with E-state index >= 15 is 0 Å². The maximum atomic E-state index is 13.2. The summed E-state index contributed by atoms with van der Waals surface area (Å²) in [6.45, 7) is 0. The van der Waals surface area contributed by atoms with Crippen molar-refractivity contribution in [3.8, 4) is 11.4 Å². The van der Waals surface area contributed by atoms with Gasteiger partial charge in [0, 0.05) is 11.5 Å². The Labute approximate surface area is 106 Å². The van der Waals surface area contributed by atoms with E-state index in [1.165, 1.54) is 18.5 Å². The minimum absolute atomic E-state index is 0.320. The molecule has 0 unspecified atom stereocenters. The summed E-state index contributed by atoms with van der Waals surface area (Å²) in [4.78, 5) is 8.60. The monoisotopic (exact) mass is 254 g/mol. The zero-order chi connectivity index (χ0) is 12.8. The number of halogens is 1. The molecule has 92 valence electrons. The van der Waals surface area contributed by atoms with E-state index in [1.54, 1.807) is 29.2 Å². The molecule has 0 aliphatic heterocycles. The molecule has 0 radical (unpaired) electrons. The molecule has 4 aromatic rings. The summed E-state index contributed by atoms with van der Waals surface area (Å²) in [6.07, 6.45) is 4.66. The summed E-state index contributed by atoms with van der Waals surface area (Å²) in [5, 5.41) is 5.07. The molecule has 0 spiro atoms. The number of hydrogen-bond acceptors (Lipinski definition) is 4. The van der Waals surface area contributed by atoms with E-state index in [1.807, 2.05) is 0 Å². The highest BCUT2D eigenvalue weighted by Gasteiger charge is 2.11. The highest BCUT2D eigenvalue weighted by Crippen LogP contribution is 2.21. The molecule has 5 nitrogen and oxygen atoms in total. The van der Waals surface area contributed by atoms with E-state index in [0.29, 0.717) is 17.0 Å². The molecule has 0 N–H and O–H groups in total. The molecule has 6 heteroatoms. The molecular formula is C13H7FN4O. The summed E-state index contributed by atoms with van der Waals surface area (Å²) in [5.74, 6) is 0.228. The first-order valence-electron chi connectivity index (χ1n) is 5.64. The lowest BCUT2D eigenvalue weighted by Gasteiger charge is -1.97. The Balaban J connectivity index is 2.05. The topological polar surface area (TPSA) is 56.2 Å². The van der Waals surface area contributed by atoms with Gasteiger partial charge >= 0.3 is 0 Å². The van der Waals surface area contributed by atoms with Crippen LogP contribution in [0.15, 0.2) is 47.5 Å². The summed E-state index contributed by atoms with van der Waals surface area (Å²) < 4.78 is 19.8. The van der Waals surface area contributed by atoms with E-state index in [2.05, 4.69) is 15.1 Å². The van der Waals surface area contributed by atoms with Gasteiger partial charge in [0.1, 0.15) is 18.4 Å². The van der Waals surface area contributed by atoms with Gasteiger partial charge in [-0.3, -0.25) is 0 Å². The van der Waals surface area contributed by atoms with Crippen LogP contribution in [-0.2, 0) is 0 Å². The number of hydrogen-bond donors (Lipinski definition) is 0. The van der Waals surface area contributed by atoms with Gasteiger partial charge in [-0.1, -0.05) is 0 Å². The Hall–Kier alpha value is -2.76. The van der Waals surface area contributed by atoms with E-state index in [0.717, 1.165) is 10.9 Å². The molecule has 0 amide bonds. The summed E-state index contributed by atoms with van der Waals surface area (Å²) >= 11 is 0. The molecule has 0 saturated carbocycles. The first-order valence-corrected chi connectivity index (χ1v) is 5.64. The van der Waals surface area contributed by atoms with Crippen LogP contribution in [0.3, 0.4) is 0 Å². The number of rotatable bonds is 1. The molecule has 0 saturated heterocycles. The number of aromatic nitrogens is 4. The molecule has 3 aromatic heterocycles. The van der Waals surface area contributed by atoms with Crippen LogP contribution in [0, 0.1) is 5.82 Å². The van der Waals surface area contributed by atoms with E-state index in [9.17, 15) is 4.39 Å². The minimum atomic E-state index is -0.320. The summed E-state index contributed by atoms with van der Waals surface area (Å²) in [6, 6.07) is 6.20. The number of fused-ring (bicyclic) bond motifs is 3. The molecule has 1 aromatic carbocycles. The molecule has 4 rings (SSSR count). The number of furan rings is 1. The van der Waals surface area contributed by atoms with E-state index in [4.69, 9.17) is 4.42 Å². The van der Waals surface area contributed by atoms with Crippen molar-refractivity contribution in [1.82, 2.24) is 19.6 Å². The standard InChI is InChI=1S/C13H7FN4O/c14-9-1-2-10-11(5-9)15-7-18-13(10)16-12(17-18)8-3-4-19-6-8/h1-7H. The molecule has 0 atom stereocenters. The lowest BCUT2D eigenvalue weighted by molar-refractivity contribution is 0.568. The lowest BCUT2D eigenvalue weighted by atomic mass is 10.2. The second-order valence-corrected chi connectivity index (χ2v) is 4.12. The van der Waals surface area contributed by atoms with Crippen LogP contribution in [0.5, 0.6) is 0 Å². The molecule has 0 bridgehead atoms. The molecule has 0 aliphatic carbocycles. The molecular weight excluding hydrogens is 247 g/mol. The second kappa shape index (κ2) is 3.61. The maximum absolute atomic E-state index is 13.2. The fourth-order valence-corrected chi connectivity index (χ4v) is 2.02.